The molecule has 0 aliphatic rings. The highest BCUT2D eigenvalue weighted by Crippen LogP contribution is 2.30. The first-order valence-corrected chi connectivity index (χ1v) is 12.7. The molecule has 41 heavy (non-hydrogen) atoms. The Kier molecular flexibility index (Phi) is 6.50. The number of ketones is 1. The number of fused-ring (bicyclic) bond motifs is 1. The van der Waals surface area contributed by atoms with Gasteiger partial charge in [0.15, 0.2) is 17.3 Å². The molecular weight excluding hydrogens is 528 g/mol. The van der Waals surface area contributed by atoms with E-state index in [4.69, 9.17) is 4.74 Å². The Morgan fingerprint density at radius 1 is 0.951 bits per heavy atom. The van der Waals surface area contributed by atoms with E-state index < -0.39 is 23.0 Å². The molecule has 0 saturated carbocycles. The lowest BCUT2D eigenvalue weighted by Gasteiger charge is -2.08. The highest BCUT2D eigenvalue weighted by molar-refractivity contribution is 5.98. The molecule has 0 fully saturated rings. The predicted octanol–water partition coefficient (Wildman–Crippen LogP) is 5.69. The van der Waals surface area contributed by atoms with Crippen molar-refractivity contribution in [3.63, 3.8) is 0 Å². The zero-order chi connectivity index (χ0) is 28.7. The highest BCUT2D eigenvalue weighted by atomic mass is 19.1. The number of carbonyl (C=O) groups is 1. The van der Waals surface area contributed by atoms with Crippen LogP contribution in [0.2, 0.25) is 0 Å². The number of Topliss-reactive ketones (excluding diaryl/α,β-unsaturated/α-hetero) is 1. The van der Waals surface area contributed by atoms with Crippen LogP contribution in [0.1, 0.15) is 21.6 Å². The number of rotatable bonds is 7. The number of aromatic nitrogens is 5. The van der Waals surface area contributed by atoms with Gasteiger partial charge in [-0.3, -0.25) is 14.3 Å². The van der Waals surface area contributed by atoms with E-state index in [0.29, 0.717) is 22.5 Å². The Bertz CT molecular complexity index is 1980. The summed E-state index contributed by atoms with van der Waals surface area (Å²) in [6, 6.07) is 21.2. The number of benzene rings is 3. The molecule has 0 saturated heterocycles. The minimum atomic E-state index is -0.685. The van der Waals surface area contributed by atoms with Gasteiger partial charge in [-0.1, -0.05) is 36.4 Å². The lowest BCUT2D eigenvalue weighted by atomic mass is 10.0. The molecule has 3 aromatic carbocycles. The van der Waals surface area contributed by atoms with E-state index >= 15 is 4.39 Å². The summed E-state index contributed by atoms with van der Waals surface area (Å²) >= 11 is 0. The van der Waals surface area contributed by atoms with Crippen LogP contribution in [0.15, 0.2) is 96.2 Å². The fraction of sp³-hybridized carbons (Fsp3) is 0.0968. The van der Waals surface area contributed by atoms with Crippen LogP contribution in [-0.2, 0) is 13.5 Å². The first-order valence-electron chi connectivity index (χ1n) is 12.7. The van der Waals surface area contributed by atoms with Crippen LogP contribution in [0.4, 0.5) is 8.78 Å². The topological polar surface area (TPSA) is 83.4 Å². The molecule has 8 nitrogen and oxygen atoms in total. The summed E-state index contributed by atoms with van der Waals surface area (Å²) in [5.74, 6) is -1.48. The fourth-order valence-corrected chi connectivity index (χ4v) is 4.79. The highest BCUT2D eigenvalue weighted by Gasteiger charge is 2.23. The van der Waals surface area contributed by atoms with Crippen molar-refractivity contribution in [1.29, 1.82) is 0 Å². The molecule has 0 spiro atoms. The van der Waals surface area contributed by atoms with Gasteiger partial charge in [0.1, 0.15) is 23.2 Å². The van der Waals surface area contributed by atoms with Gasteiger partial charge in [0.05, 0.1) is 5.69 Å². The van der Waals surface area contributed by atoms with Gasteiger partial charge in [-0.05, 0) is 60.5 Å². The molecule has 0 bridgehead atoms. The molecular formula is C31H23F2N5O3. The molecule has 0 atom stereocenters. The first-order chi connectivity index (χ1) is 19.8. The third-order valence-corrected chi connectivity index (χ3v) is 6.95. The lowest BCUT2D eigenvalue weighted by molar-refractivity contribution is 0.0991. The molecule has 3 aromatic heterocycles. The third kappa shape index (κ3) is 4.80. The van der Waals surface area contributed by atoms with E-state index in [2.05, 4.69) is 10.1 Å². The van der Waals surface area contributed by atoms with Crippen LogP contribution in [-0.4, -0.2) is 29.7 Å². The van der Waals surface area contributed by atoms with Crippen molar-refractivity contribution in [2.75, 3.05) is 0 Å². The van der Waals surface area contributed by atoms with Crippen LogP contribution < -0.4 is 10.3 Å². The molecule has 10 heteroatoms. The zero-order valence-corrected chi connectivity index (χ0v) is 22.1. The van der Waals surface area contributed by atoms with E-state index in [1.54, 1.807) is 24.6 Å². The van der Waals surface area contributed by atoms with E-state index in [9.17, 15) is 14.0 Å². The summed E-state index contributed by atoms with van der Waals surface area (Å²) in [7, 11) is 1.64. The molecule has 0 unspecified atom stereocenters. The van der Waals surface area contributed by atoms with Crippen LogP contribution in [0.25, 0.3) is 22.3 Å². The number of ether oxygens (including phenoxy) is 1. The van der Waals surface area contributed by atoms with Crippen LogP contribution in [0, 0.1) is 18.6 Å². The molecule has 6 aromatic rings. The van der Waals surface area contributed by atoms with Gasteiger partial charge in [0.2, 0.25) is 5.88 Å². The Hall–Kier alpha value is -5.38. The molecule has 3 heterocycles. The minimum Gasteiger partial charge on any atom is -0.434 e. The molecule has 6 rings (SSSR count). The van der Waals surface area contributed by atoms with Crippen molar-refractivity contribution < 1.29 is 18.3 Å². The van der Waals surface area contributed by atoms with Crippen molar-refractivity contribution in [2.45, 2.75) is 13.3 Å². The second-order valence-corrected chi connectivity index (χ2v) is 9.53. The molecule has 0 amide bonds. The quantitative estimate of drug-likeness (QED) is 0.238. The van der Waals surface area contributed by atoms with E-state index in [-0.39, 0.29) is 23.6 Å². The largest absolute Gasteiger partial charge is 0.434 e. The third-order valence-electron chi connectivity index (χ3n) is 6.95. The van der Waals surface area contributed by atoms with Crippen molar-refractivity contribution in [1.82, 2.24) is 24.0 Å². The number of hydrogen-bond acceptors (Lipinski definition) is 5. The SMILES string of the molecule is Cc1c(C(=O)Cc2ccc(Oc3ncnn4cc(-c5ccccc5)cc34)c(F)c2)c(=O)n(-c2ccc(F)cc2)n1C. The van der Waals surface area contributed by atoms with Gasteiger partial charge in [0, 0.05) is 30.9 Å². The monoisotopic (exact) mass is 551 g/mol. The van der Waals surface area contributed by atoms with Crippen molar-refractivity contribution in [2.24, 2.45) is 7.05 Å². The molecule has 204 valence electrons. The molecule has 0 radical (unpaired) electrons. The van der Waals surface area contributed by atoms with Crippen molar-refractivity contribution in [3.05, 3.63) is 130 Å². The van der Waals surface area contributed by atoms with Crippen molar-refractivity contribution >= 4 is 11.3 Å². The smallest absolute Gasteiger partial charge is 0.282 e. The average Bonchev–Trinajstić information content (AvgIpc) is 3.50. The fourth-order valence-electron chi connectivity index (χ4n) is 4.79. The number of carbonyl (C=O) groups excluding carboxylic acids is 1. The van der Waals surface area contributed by atoms with Gasteiger partial charge >= 0.3 is 0 Å². The van der Waals surface area contributed by atoms with Gasteiger partial charge in [-0.25, -0.2) is 18.0 Å². The second kappa shape index (κ2) is 10.3. The summed E-state index contributed by atoms with van der Waals surface area (Å²) in [4.78, 5) is 30.6. The number of halogens is 2. The van der Waals surface area contributed by atoms with Crippen LogP contribution in [0.3, 0.4) is 0 Å². The predicted molar refractivity (Wildman–Crippen MR) is 149 cm³/mol. The number of hydrogen-bond donors (Lipinski definition) is 0. The maximum Gasteiger partial charge on any atom is 0.282 e. The maximum atomic E-state index is 15.2. The van der Waals surface area contributed by atoms with Gasteiger partial charge < -0.3 is 4.74 Å². The lowest BCUT2D eigenvalue weighted by Crippen LogP contribution is -2.23. The Balaban J connectivity index is 1.24. The average molecular weight is 552 g/mol. The van der Waals surface area contributed by atoms with Crippen LogP contribution >= 0.6 is 0 Å². The first kappa shape index (κ1) is 25.9. The Labute approximate surface area is 232 Å². The normalized spacial score (nSPS) is 11.2. The summed E-state index contributed by atoms with van der Waals surface area (Å²) < 4.78 is 38.8. The minimum absolute atomic E-state index is 0.0107. The molecule has 0 N–H and O–H groups in total. The maximum absolute atomic E-state index is 15.2. The number of nitrogens with zero attached hydrogens (tertiary/aromatic N) is 5. The summed E-state index contributed by atoms with van der Waals surface area (Å²) in [6.45, 7) is 1.65. The standard InChI is InChI=1S/C31H23F2N5O3/c1-19-29(31(40)38(36(19)2)24-11-9-23(32)10-12-24)27(39)15-20-8-13-28(25(33)14-20)41-30-26-16-22(17-37(26)35-18-34-30)21-6-4-3-5-7-21/h3-14,16-18H,15H2,1-2H3. The van der Waals surface area contributed by atoms with Gasteiger partial charge in [-0.2, -0.15) is 10.1 Å². The second-order valence-electron chi connectivity index (χ2n) is 9.53. The zero-order valence-electron chi connectivity index (χ0n) is 22.1. The van der Waals surface area contributed by atoms with E-state index in [1.165, 1.54) is 52.1 Å². The molecule has 0 aliphatic heterocycles. The van der Waals surface area contributed by atoms with E-state index in [1.807, 2.05) is 42.6 Å². The Morgan fingerprint density at radius 3 is 2.44 bits per heavy atom. The molecule has 0 aliphatic carbocycles. The van der Waals surface area contributed by atoms with Crippen LogP contribution in [0.5, 0.6) is 11.6 Å². The Morgan fingerprint density at radius 2 is 1.71 bits per heavy atom. The van der Waals surface area contributed by atoms with Gasteiger partial charge in [0.25, 0.3) is 5.56 Å². The van der Waals surface area contributed by atoms with E-state index in [0.717, 1.165) is 11.1 Å². The summed E-state index contributed by atoms with van der Waals surface area (Å²) in [5, 5.41) is 4.22. The van der Waals surface area contributed by atoms with Crippen molar-refractivity contribution in [3.8, 4) is 28.4 Å². The summed E-state index contributed by atoms with van der Waals surface area (Å²) in [5.41, 5.74) is 3.15. The summed E-state index contributed by atoms with van der Waals surface area (Å²) in [6.07, 6.45) is 2.96. The van der Waals surface area contributed by atoms with Gasteiger partial charge in [-0.15, -0.1) is 0 Å².